The van der Waals surface area contributed by atoms with Gasteiger partial charge >= 0.3 is 5.97 Å². The summed E-state index contributed by atoms with van der Waals surface area (Å²) in [5.74, 6) is -1.82. The van der Waals surface area contributed by atoms with Crippen molar-refractivity contribution in [2.24, 2.45) is 5.73 Å². The summed E-state index contributed by atoms with van der Waals surface area (Å²) in [5.41, 5.74) is 7.61. The molecule has 142 valence electrons. The Kier molecular flexibility index (Phi) is 6.79. The highest BCUT2D eigenvalue weighted by Gasteiger charge is 2.14. The quantitative estimate of drug-likeness (QED) is 0.706. The monoisotopic (exact) mass is 390 g/mol. The minimum absolute atomic E-state index is 0.146. The van der Waals surface area contributed by atoms with E-state index in [2.05, 4.69) is 5.32 Å². The van der Waals surface area contributed by atoms with Crippen LogP contribution < -0.4 is 15.8 Å². The molecule has 0 aliphatic carbocycles. The van der Waals surface area contributed by atoms with Gasteiger partial charge in [-0.15, -0.1) is 0 Å². The second kappa shape index (κ2) is 9.05. The Morgan fingerprint density at radius 3 is 2.48 bits per heavy atom. The molecule has 0 saturated heterocycles. The number of carbonyl (C=O) groups is 3. The van der Waals surface area contributed by atoms with Crippen LogP contribution in [0.3, 0.4) is 0 Å². The van der Waals surface area contributed by atoms with Crippen LogP contribution in [0.4, 0.5) is 5.69 Å². The topological polar surface area (TPSA) is 108 Å². The van der Waals surface area contributed by atoms with E-state index >= 15 is 0 Å². The standard InChI is InChI=1S/C19H19ClN2O5/c1-11-7-12(2)18(14(20)8-11)22-16(23)9-27-17(24)10-26-15-6-4-3-5-13(15)19(21)25/h3-8H,9-10H2,1-2H3,(H2,21,25)(H,22,23). The fraction of sp³-hybridized carbons (Fsp3) is 0.211. The highest BCUT2D eigenvalue weighted by molar-refractivity contribution is 6.34. The molecule has 0 atom stereocenters. The lowest BCUT2D eigenvalue weighted by Crippen LogP contribution is -2.24. The maximum atomic E-state index is 12.0. The molecule has 2 aromatic carbocycles. The van der Waals surface area contributed by atoms with Crippen molar-refractivity contribution < 1.29 is 23.9 Å². The number of hydrogen-bond donors (Lipinski definition) is 2. The largest absolute Gasteiger partial charge is 0.481 e. The first-order valence-electron chi connectivity index (χ1n) is 8.01. The number of amides is 2. The van der Waals surface area contributed by atoms with Crippen molar-refractivity contribution in [3.8, 4) is 5.75 Å². The average molecular weight is 391 g/mol. The first kappa shape index (κ1) is 20.3. The molecule has 0 fully saturated rings. The fourth-order valence-corrected chi connectivity index (χ4v) is 2.74. The van der Waals surface area contributed by atoms with E-state index in [1.54, 1.807) is 18.2 Å². The number of carbonyl (C=O) groups excluding carboxylic acids is 3. The van der Waals surface area contributed by atoms with Crippen LogP contribution in [0, 0.1) is 13.8 Å². The third kappa shape index (κ3) is 5.72. The van der Waals surface area contributed by atoms with Crippen molar-refractivity contribution in [1.82, 2.24) is 0 Å². The Balaban J connectivity index is 1.86. The molecule has 0 aromatic heterocycles. The molecule has 2 aromatic rings. The number of aryl methyl sites for hydroxylation is 2. The van der Waals surface area contributed by atoms with Crippen LogP contribution >= 0.6 is 11.6 Å². The van der Waals surface area contributed by atoms with Crippen LogP contribution in [-0.4, -0.2) is 31.0 Å². The summed E-state index contributed by atoms with van der Waals surface area (Å²) in [6, 6.07) is 9.83. The lowest BCUT2D eigenvalue weighted by molar-refractivity contribution is -0.149. The van der Waals surface area contributed by atoms with Gasteiger partial charge in [0.1, 0.15) is 5.75 Å². The zero-order valence-electron chi connectivity index (χ0n) is 14.9. The van der Waals surface area contributed by atoms with Crippen molar-refractivity contribution in [1.29, 1.82) is 0 Å². The SMILES string of the molecule is Cc1cc(C)c(NC(=O)COC(=O)COc2ccccc2C(N)=O)c(Cl)c1. The van der Waals surface area contributed by atoms with Crippen molar-refractivity contribution in [3.05, 3.63) is 58.1 Å². The predicted octanol–water partition coefficient (Wildman–Crippen LogP) is 2.62. The number of benzene rings is 2. The number of hydrogen-bond acceptors (Lipinski definition) is 5. The van der Waals surface area contributed by atoms with E-state index < -0.39 is 31.0 Å². The number of esters is 1. The van der Waals surface area contributed by atoms with Crippen LogP contribution in [0.25, 0.3) is 0 Å². The fourth-order valence-electron chi connectivity index (χ4n) is 2.37. The van der Waals surface area contributed by atoms with Crippen LogP contribution in [0.15, 0.2) is 36.4 Å². The maximum absolute atomic E-state index is 12.0. The molecule has 2 rings (SSSR count). The molecule has 0 bridgehead atoms. The molecule has 0 aliphatic heterocycles. The van der Waals surface area contributed by atoms with Gasteiger partial charge in [-0.2, -0.15) is 0 Å². The number of halogens is 1. The molecule has 7 nitrogen and oxygen atoms in total. The minimum atomic E-state index is -0.767. The molecule has 0 spiro atoms. The molecule has 27 heavy (non-hydrogen) atoms. The maximum Gasteiger partial charge on any atom is 0.344 e. The number of rotatable bonds is 7. The lowest BCUT2D eigenvalue weighted by Gasteiger charge is -2.12. The van der Waals surface area contributed by atoms with Gasteiger partial charge in [0, 0.05) is 0 Å². The van der Waals surface area contributed by atoms with Crippen LogP contribution in [0.2, 0.25) is 5.02 Å². The Morgan fingerprint density at radius 2 is 1.81 bits per heavy atom. The molecule has 0 unspecified atom stereocenters. The van der Waals surface area contributed by atoms with Gasteiger partial charge < -0.3 is 20.5 Å². The molecule has 0 aliphatic rings. The second-order valence-corrected chi connectivity index (χ2v) is 6.20. The van der Waals surface area contributed by atoms with Crippen molar-refractivity contribution in [2.45, 2.75) is 13.8 Å². The van der Waals surface area contributed by atoms with Crippen molar-refractivity contribution in [3.63, 3.8) is 0 Å². The van der Waals surface area contributed by atoms with E-state index in [9.17, 15) is 14.4 Å². The first-order valence-corrected chi connectivity index (χ1v) is 8.39. The highest BCUT2D eigenvalue weighted by Crippen LogP contribution is 2.27. The summed E-state index contributed by atoms with van der Waals surface area (Å²) >= 11 is 6.12. The van der Waals surface area contributed by atoms with E-state index in [1.165, 1.54) is 12.1 Å². The minimum Gasteiger partial charge on any atom is -0.481 e. The van der Waals surface area contributed by atoms with E-state index in [0.717, 1.165) is 11.1 Å². The van der Waals surface area contributed by atoms with Gasteiger partial charge in [0.25, 0.3) is 11.8 Å². The van der Waals surface area contributed by atoms with E-state index in [-0.39, 0.29) is 11.3 Å². The number of ether oxygens (including phenoxy) is 2. The van der Waals surface area contributed by atoms with Crippen molar-refractivity contribution >= 4 is 35.1 Å². The second-order valence-electron chi connectivity index (χ2n) is 5.80. The smallest absolute Gasteiger partial charge is 0.344 e. The van der Waals surface area contributed by atoms with Crippen LogP contribution in [-0.2, 0) is 14.3 Å². The van der Waals surface area contributed by atoms with Crippen LogP contribution in [0.5, 0.6) is 5.75 Å². The van der Waals surface area contributed by atoms with Gasteiger partial charge in [-0.1, -0.05) is 29.8 Å². The van der Waals surface area contributed by atoms with Gasteiger partial charge in [-0.3, -0.25) is 9.59 Å². The highest BCUT2D eigenvalue weighted by atomic mass is 35.5. The number of anilines is 1. The molecule has 2 amide bonds. The van der Waals surface area contributed by atoms with Gasteiger partial charge in [0.15, 0.2) is 13.2 Å². The van der Waals surface area contributed by atoms with E-state index in [1.807, 2.05) is 19.9 Å². The van der Waals surface area contributed by atoms with Gasteiger partial charge in [0.05, 0.1) is 16.3 Å². The summed E-state index contributed by atoms with van der Waals surface area (Å²) < 4.78 is 10.1. The zero-order valence-corrected chi connectivity index (χ0v) is 15.6. The molecule has 8 heteroatoms. The summed E-state index contributed by atoms with van der Waals surface area (Å²) in [5, 5.41) is 3.01. The van der Waals surface area contributed by atoms with Gasteiger partial charge in [0.2, 0.25) is 0 Å². The Labute approximate surface area is 161 Å². The zero-order chi connectivity index (χ0) is 20.0. The van der Waals surface area contributed by atoms with E-state index in [0.29, 0.717) is 10.7 Å². The van der Waals surface area contributed by atoms with Crippen molar-refractivity contribution in [2.75, 3.05) is 18.5 Å². The first-order chi connectivity index (χ1) is 12.8. The number of para-hydroxylation sites is 1. The summed E-state index contributed by atoms with van der Waals surface area (Å²) in [6.45, 7) is 2.73. The molecule has 0 saturated carbocycles. The summed E-state index contributed by atoms with van der Waals surface area (Å²) in [4.78, 5) is 35.0. The third-order valence-electron chi connectivity index (χ3n) is 3.56. The normalized spacial score (nSPS) is 10.2. The Hall–Kier alpha value is -3.06. The van der Waals surface area contributed by atoms with Crippen LogP contribution in [0.1, 0.15) is 21.5 Å². The Morgan fingerprint density at radius 1 is 1.11 bits per heavy atom. The van der Waals surface area contributed by atoms with Gasteiger partial charge in [-0.25, -0.2) is 4.79 Å². The number of primary amides is 1. The number of nitrogens with one attached hydrogen (secondary N) is 1. The molecular weight excluding hydrogens is 372 g/mol. The Bertz CT molecular complexity index is 859. The summed E-state index contributed by atoms with van der Waals surface area (Å²) in [7, 11) is 0. The van der Waals surface area contributed by atoms with Gasteiger partial charge in [-0.05, 0) is 43.2 Å². The van der Waals surface area contributed by atoms with E-state index in [4.69, 9.17) is 26.8 Å². The predicted molar refractivity (Wildman–Crippen MR) is 101 cm³/mol. The molecular formula is C19H19ClN2O5. The molecule has 0 heterocycles. The summed E-state index contributed by atoms with van der Waals surface area (Å²) in [6.07, 6.45) is 0. The average Bonchev–Trinajstić information content (AvgIpc) is 2.61. The third-order valence-corrected chi connectivity index (χ3v) is 3.86. The molecule has 0 radical (unpaired) electrons. The number of nitrogens with two attached hydrogens (primary N) is 1. The molecule has 3 N–H and O–H groups in total. The lowest BCUT2D eigenvalue weighted by atomic mass is 10.1.